The topological polar surface area (TPSA) is 50.8 Å². The molecule has 0 radical (unpaired) electrons. The van der Waals surface area contributed by atoms with Crippen LogP contribution in [0.4, 0.5) is 5.69 Å². The Morgan fingerprint density at radius 3 is 2.48 bits per heavy atom. The molecule has 0 saturated carbocycles. The summed E-state index contributed by atoms with van der Waals surface area (Å²) in [5.41, 5.74) is 1.96. The lowest BCUT2D eigenvalue weighted by Gasteiger charge is -2.47. The summed E-state index contributed by atoms with van der Waals surface area (Å²) in [6.07, 6.45) is 4.20. The largest absolute Gasteiger partial charge is 0.494 e. The first-order valence-electron chi connectivity index (χ1n) is 10.5. The summed E-state index contributed by atoms with van der Waals surface area (Å²) in [5.74, 6) is 0.903. The maximum absolute atomic E-state index is 13.3. The number of nitrogens with one attached hydrogen (secondary N) is 1. The number of ether oxygens (including phenoxy) is 2. The van der Waals surface area contributed by atoms with Crippen LogP contribution >= 0.6 is 0 Å². The molecule has 156 valence electrons. The molecule has 1 heterocycles. The van der Waals surface area contributed by atoms with Crippen molar-refractivity contribution in [3.8, 4) is 5.75 Å². The molecule has 2 aromatic carbocycles. The van der Waals surface area contributed by atoms with E-state index in [1.165, 1.54) is 12.8 Å². The zero-order valence-electron chi connectivity index (χ0n) is 17.7. The van der Waals surface area contributed by atoms with E-state index >= 15 is 0 Å². The number of carbonyl (C=O) groups excluding carboxylic acids is 1. The first kappa shape index (κ1) is 21.2. The van der Waals surface area contributed by atoms with Gasteiger partial charge in [0.15, 0.2) is 0 Å². The summed E-state index contributed by atoms with van der Waals surface area (Å²) in [6.45, 7) is 6.21. The van der Waals surface area contributed by atoms with Gasteiger partial charge in [0.1, 0.15) is 11.4 Å². The van der Waals surface area contributed by atoms with E-state index in [0.717, 1.165) is 36.4 Å². The predicted molar refractivity (Wildman–Crippen MR) is 116 cm³/mol. The zero-order valence-corrected chi connectivity index (χ0v) is 17.7. The molecular weight excluding hydrogens is 364 g/mol. The Kier molecular flexibility index (Phi) is 7.15. The molecule has 0 fully saturated rings. The smallest absolute Gasteiger partial charge is 0.258 e. The normalized spacial score (nSPS) is 18.3. The molecule has 1 aliphatic rings. The van der Waals surface area contributed by atoms with Crippen molar-refractivity contribution in [3.63, 3.8) is 0 Å². The highest BCUT2D eigenvalue weighted by Crippen LogP contribution is 2.38. The number of rotatable bonds is 10. The van der Waals surface area contributed by atoms with Gasteiger partial charge in [-0.05, 0) is 49.6 Å². The second kappa shape index (κ2) is 9.79. The summed E-state index contributed by atoms with van der Waals surface area (Å²) in [5, 5.41) is 3.60. The highest BCUT2D eigenvalue weighted by molar-refractivity contribution is 6.02. The lowest BCUT2D eigenvalue weighted by atomic mass is 9.93. The minimum atomic E-state index is -0.639. The van der Waals surface area contributed by atoms with E-state index in [0.29, 0.717) is 18.7 Å². The Morgan fingerprint density at radius 1 is 1.00 bits per heavy atom. The molecule has 0 aromatic heterocycles. The second-order valence-electron chi connectivity index (χ2n) is 7.63. The fraction of sp³-hybridized carbons (Fsp3) is 0.458. The summed E-state index contributed by atoms with van der Waals surface area (Å²) in [7, 11) is 1.68. The minimum absolute atomic E-state index is 0.0397. The molecule has 1 unspecified atom stereocenters. The van der Waals surface area contributed by atoms with Crippen molar-refractivity contribution in [2.75, 3.05) is 32.2 Å². The summed E-state index contributed by atoms with van der Waals surface area (Å²) in [4.78, 5) is 15.2. The molecule has 3 rings (SSSR count). The van der Waals surface area contributed by atoms with E-state index in [4.69, 9.17) is 9.47 Å². The van der Waals surface area contributed by atoms with Crippen molar-refractivity contribution in [2.45, 2.75) is 45.2 Å². The quantitative estimate of drug-likeness (QED) is 0.572. The molecule has 1 N–H and O–H groups in total. The summed E-state index contributed by atoms with van der Waals surface area (Å²) in [6, 6.07) is 15.8. The average molecular weight is 397 g/mol. The lowest BCUT2D eigenvalue weighted by molar-refractivity contribution is 0.0504. The molecule has 2 aromatic rings. The average Bonchev–Trinajstić information content (AvgIpc) is 2.74. The summed E-state index contributed by atoms with van der Waals surface area (Å²) >= 11 is 0. The van der Waals surface area contributed by atoms with Gasteiger partial charge in [-0.15, -0.1) is 0 Å². The molecule has 5 heteroatoms. The predicted octanol–water partition coefficient (Wildman–Crippen LogP) is 5.03. The molecular formula is C24H32N2O3. The third-order valence-corrected chi connectivity index (χ3v) is 5.48. The van der Waals surface area contributed by atoms with Crippen molar-refractivity contribution in [1.82, 2.24) is 4.90 Å². The second-order valence-corrected chi connectivity index (χ2v) is 7.63. The van der Waals surface area contributed by atoms with Gasteiger partial charge in [-0.1, -0.05) is 44.0 Å². The van der Waals surface area contributed by atoms with Crippen LogP contribution in [-0.2, 0) is 10.4 Å². The monoisotopic (exact) mass is 396 g/mol. The van der Waals surface area contributed by atoms with E-state index in [1.807, 2.05) is 53.4 Å². The molecule has 0 aliphatic carbocycles. The Balaban J connectivity index is 1.84. The van der Waals surface area contributed by atoms with Gasteiger partial charge in [-0.2, -0.15) is 0 Å². The van der Waals surface area contributed by atoms with Crippen LogP contribution in [0, 0.1) is 0 Å². The molecule has 1 amide bonds. The Hall–Kier alpha value is -2.53. The van der Waals surface area contributed by atoms with Gasteiger partial charge in [-0.25, -0.2) is 0 Å². The molecule has 0 bridgehead atoms. The zero-order chi connectivity index (χ0) is 20.7. The van der Waals surface area contributed by atoms with Gasteiger partial charge in [0.25, 0.3) is 5.91 Å². The standard InChI is InChI=1S/C24H32N2O3/c1-4-5-8-18-29-20-14-12-19(13-15-20)24(2)25-22-11-7-6-10-21(22)23(27)26(24)16-9-17-28-3/h6-7,10-15,25H,4-5,8-9,16-18H2,1-3H3. The van der Waals surface area contributed by atoms with E-state index < -0.39 is 5.66 Å². The Bertz CT molecular complexity index is 806. The van der Waals surface area contributed by atoms with Crippen LogP contribution in [0.15, 0.2) is 48.5 Å². The number of benzene rings is 2. The van der Waals surface area contributed by atoms with Gasteiger partial charge < -0.3 is 19.7 Å². The number of nitrogens with zero attached hydrogens (tertiary/aromatic N) is 1. The van der Waals surface area contributed by atoms with Gasteiger partial charge in [-0.3, -0.25) is 4.79 Å². The van der Waals surface area contributed by atoms with Gasteiger partial charge in [0.05, 0.1) is 12.2 Å². The van der Waals surface area contributed by atoms with Gasteiger partial charge >= 0.3 is 0 Å². The van der Waals surface area contributed by atoms with Crippen LogP contribution in [0.5, 0.6) is 5.75 Å². The maximum Gasteiger partial charge on any atom is 0.258 e. The lowest BCUT2D eigenvalue weighted by Crippen LogP contribution is -2.56. The number of methoxy groups -OCH3 is 1. The van der Waals surface area contributed by atoms with Crippen molar-refractivity contribution in [2.24, 2.45) is 0 Å². The molecule has 1 atom stereocenters. The first-order chi connectivity index (χ1) is 14.1. The molecule has 0 saturated heterocycles. The van der Waals surface area contributed by atoms with Gasteiger partial charge in [0.2, 0.25) is 0 Å². The van der Waals surface area contributed by atoms with Crippen LogP contribution in [0.1, 0.15) is 55.5 Å². The van der Waals surface area contributed by atoms with Crippen molar-refractivity contribution in [1.29, 1.82) is 0 Å². The van der Waals surface area contributed by atoms with E-state index in [1.54, 1.807) is 7.11 Å². The number of hydrogen-bond donors (Lipinski definition) is 1. The van der Waals surface area contributed by atoms with E-state index in [9.17, 15) is 4.79 Å². The molecule has 5 nitrogen and oxygen atoms in total. The Labute approximate surface area is 174 Å². The van der Waals surface area contributed by atoms with Gasteiger partial charge in [0, 0.05) is 25.9 Å². The number of fused-ring (bicyclic) bond motifs is 1. The third kappa shape index (κ3) is 4.73. The van der Waals surface area contributed by atoms with Crippen LogP contribution in [0.3, 0.4) is 0 Å². The number of anilines is 1. The van der Waals surface area contributed by atoms with E-state index in [2.05, 4.69) is 19.2 Å². The first-order valence-corrected chi connectivity index (χ1v) is 10.5. The van der Waals surface area contributed by atoms with Crippen molar-refractivity contribution >= 4 is 11.6 Å². The number of carbonyl (C=O) groups is 1. The Morgan fingerprint density at radius 2 is 1.76 bits per heavy atom. The number of para-hydroxylation sites is 1. The number of unbranched alkanes of at least 4 members (excludes halogenated alkanes) is 2. The van der Waals surface area contributed by atoms with Crippen LogP contribution in [0.25, 0.3) is 0 Å². The van der Waals surface area contributed by atoms with Crippen LogP contribution in [-0.4, -0.2) is 37.7 Å². The maximum atomic E-state index is 13.3. The minimum Gasteiger partial charge on any atom is -0.494 e. The van der Waals surface area contributed by atoms with Crippen LogP contribution < -0.4 is 10.1 Å². The third-order valence-electron chi connectivity index (χ3n) is 5.48. The van der Waals surface area contributed by atoms with E-state index in [-0.39, 0.29) is 5.91 Å². The highest BCUT2D eigenvalue weighted by Gasteiger charge is 2.42. The summed E-state index contributed by atoms with van der Waals surface area (Å²) < 4.78 is 11.1. The molecule has 0 spiro atoms. The number of amides is 1. The molecule has 1 aliphatic heterocycles. The van der Waals surface area contributed by atoms with Crippen molar-refractivity contribution < 1.29 is 14.3 Å². The SMILES string of the molecule is CCCCCOc1ccc(C2(C)Nc3ccccc3C(=O)N2CCCOC)cc1. The van der Waals surface area contributed by atoms with Crippen molar-refractivity contribution in [3.05, 3.63) is 59.7 Å². The van der Waals surface area contributed by atoms with Crippen LogP contribution in [0.2, 0.25) is 0 Å². The fourth-order valence-electron chi connectivity index (χ4n) is 3.79. The highest BCUT2D eigenvalue weighted by atomic mass is 16.5. The number of hydrogen-bond acceptors (Lipinski definition) is 4. The fourth-order valence-corrected chi connectivity index (χ4v) is 3.79. The molecule has 29 heavy (non-hydrogen) atoms.